The number of hydrogen-bond acceptors (Lipinski definition) is 3. The molecule has 0 spiro atoms. The number of aromatic nitrogens is 1. The van der Waals surface area contributed by atoms with E-state index in [1.807, 2.05) is 0 Å². The fraction of sp³-hybridized carbons (Fsp3) is 0.533. The molecule has 5 nitrogen and oxygen atoms in total. The van der Waals surface area contributed by atoms with Crippen molar-refractivity contribution in [3.05, 3.63) is 23.9 Å². The number of aliphatic carboxylic acids is 1. The van der Waals surface area contributed by atoms with Crippen LogP contribution in [0, 0.1) is 0 Å². The smallest absolute Gasteiger partial charge is 0.419 e. The zero-order valence-corrected chi connectivity index (χ0v) is 12.5. The number of rotatable bonds is 9. The second-order valence-corrected chi connectivity index (χ2v) is 5.11. The van der Waals surface area contributed by atoms with Crippen LogP contribution in [0.4, 0.5) is 19.0 Å². The first-order chi connectivity index (χ1) is 10.8. The van der Waals surface area contributed by atoms with Gasteiger partial charge in [-0.2, -0.15) is 13.2 Å². The lowest BCUT2D eigenvalue weighted by molar-refractivity contribution is -0.138. The number of carboxylic acid groups (broad SMARTS) is 1. The molecule has 0 bridgehead atoms. The van der Waals surface area contributed by atoms with E-state index >= 15 is 0 Å². The molecule has 0 saturated heterocycles. The van der Waals surface area contributed by atoms with Crippen LogP contribution in [0.15, 0.2) is 18.3 Å². The molecule has 0 fully saturated rings. The van der Waals surface area contributed by atoms with Crippen LogP contribution in [0.25, 0.3) is 0 Å². The SMILES string of the molecule is O=C(O)CCCCCCCC(=O)Nc1ncccc1C(F)(F)F. The van der Waals surface area contributed by atoms with Crippen molar-refractivity contribution < 1.29 is 27.9 Å². The number of nitrogens with one attached hydrogen (secondary N) is 1. The summed E-state index contributed by atoms with van der Waals surface area (Å²) < 4.78 is 38.2. The molecule has 1 rings (SSSR count). The number of halogens is 3. The van der Waals surface area contributed by atoms with Gasteiger partial charge in [-0.25, -0.2) is 4.98 Å². The third kappa shape index (κ3) is 7.62. The summed E-state index contributed by atoms with van der Waals surface area (Å²) in [5, 5.41) is 10.7. The summed E-state index contributed by atoms with van der Waals surface area (Å²) in [5.41, 5.74) is -0.970. The molecular weight excluding hydrogens is 313 g/mol. The molecule has 23 heavy (non-hydrogen) atoms. The maximum absolute atomic E-state index is 12.7. The quantitative estimate of drug-likeness (QED) is 0.673. The zero-order chi connectivity index (χ0) is 17.3. The van der Waals surface area contributed by atoms with E-state index in [9.17, 15) is 22.8 Å². The summed E-state index contributed by atoms with van der Waals surface area (Å²) in [6.45, 7) is 0. The van der Waals surface area contributed by atoms with E-state index in [1.165, 1.54) is 6.20 Å². The Hall–Kier alpha value is -2.12. The Kier molecular flexibility index (Phi) is 7.50. The van der Waals surface area contributed by atoms with Gasteiger partial charge in [-0.1, -0.05) is 19.3 Å². The molecule has 0 aliphatic rings. The van der Waals surface area contributed by atoms with Gasteiger partial charge in [0.1, 0.15) is 5.82 Å². The van der Waals surface area contributed by atoms with Crippen LogP contribution >= 0.6 is 0 Å². The van der Waals surface area contributed by atoms with E-state index < -0.39 is 29.4 Å². The number of carboxylic acids is 1. The maximum atomic E-state index is 12.7. The second kappa shape index (κ2) is 9.12. The Balaban J connectivity index is 2.31. The molecule has 128 valence electrons. The number of pyridine rings is 1. The monoisotopic (exact) mass is 332 g/mol. The zero-order valence-electron chi connectivity index (χ0n) is 12.5. The first-order valence-corrected chi connectivity index (χ1v) is 7.34. The third-order valence-corrected chi connectivity index (χ3v) is 3.17. The van der Waals surface area contributed by atoms with Crippen LogP contribution in [0.3, 0.4) is 0 Å². The van der Waals surface area contributed by atoms with Crippen LogP contribution in [0.2, 0.25) is 0 Å². The number of alkyl halides is 3. The summed E-state index contributed by atoms with van der Waals surface area (Å²) >= 11 is 0. The molecule has 1 amide bonds. The third-order valence-electron chi connectivity index (χ3n) is 3.17. The maximum Gasteiger partial charge on any atom is 0.419 e. The molecule has 0 radical (unpaired) electrons. The average Bonchev–Trinajstić information content (AvgIpc) is 2.45. The van der Waals surface area contributed by atoms with Gasteiger partial charge < -0.3 is 10.4 Å². The van der Waals surface area contributed by atoms with Crippen molar-refractivity contribution in [1.82, 2.24) is 4.98 Å². The minimum Gasteiger partial charge on any atom is -0.481 e. The van der Waals surface area contributed by atoms with Gasteiger partial charge in [0, 0.05) is 19.0 Å². The van der Waals surface area contributed by atoms with E-state index in [0.29, 0.717) is 12.8 Å². The Morgan fingerprint density at radius 3 is 2.30 bits per heavy atom. The van der Waals surface area contributed by atoms with Crippen molar-refractivity contribution in [2.75, 3.05) is 5.32 Å². The number of amides is 1. The van der Waals surface area contributed by atoms with Crippen molar-refractivity contribution in [1.29, 1.82) is 0 Å². The molecule has 0 aliphatic carbocycles. The number of nitrogens with zero attached hydrogens (tertiary/aromatic N) is 1. The van der Waals surface area contributed by atoms with Gasteiger partial charge in [0.05, 0.1) is 5.56 Å². The predicted octanol–water partition coefficient (Wildman–Crippen LogP) is 3.85. The van der Waals surface area contributed by atoms with Crippen LogP contribution in [0.5, 0.6) is 0 Å². The van der Waals surface area contributed by atoms with Crippen LogP contribution in [-0.4, -0.2) is 22.0 Å². The number of carbonyl (C=O) groups is 2. The number of anilines is 1. The minimum atomic E-state index is -4.57. The molecule has 0 aromatic carbocycles. The van der Waals surface area contributed by atoms with Gasteiger partial charge in [0.15, 0.2) is 0 Å². The molecule has 2 N–H and O–H groups in total. The molecule has 0 saturated carbocycles. The van der Waals surface area contributed by atoms with Gasteiger partial charge >= 0.3 is 12.1 Å². The lowest BCUT2D eigenvalue weighted by atomic mass is 10.1. The summed E-state index contributed by atoms with van der Waals surface area (Å²) in [4.78, 5) is 25.5. The molecule has 8 heteroatoms. The van der Waals surface area contributed by atoms with Crippen LogP contribution in [0.1, 0.15) is 50.5 Å². The average molecular weight is 332 g/mol. The highest BCUT2D eigenvalue weighted by Crippen LogP contribution is 2.33. The Morgan fingerprint density at radius 2 is 1.70 bits per heavy atom. The van der Waals surface area contributed by atoms with E-state index in [-0.39, 0.29) is 12.8 Å². The number of carbonyl (C=O) groups excluding carboxylic acids is 1. The van der Waals surface area contributed by atoms with Crippen LogP contribution in [-0.2, 0) is 15.8 Å². The van der Waals surface area contributed by atoms with Gasteiger partial charge in [0.2, 0.25) is 5.91 Å². The van der Waals surface area contributed by atoms with Gasteiger partial charge in [0.25, 0.3) is 0 Å². The molecular formula is C15H19F3N2O3. The predicted molar refractivity (Wildman–Crippen MR) is 77.8 cm³/mol. The molecule has 0 atom stereocenters. The van der Waals surface area contributed by atoms with E-state index in [1.54, 1.807) is 0 Å². The highest BCUT2D eigenvalue weighted by Gasteiger charge is 2.34. The molecule has 1 aromatic heterocycles. The number of unbranched alkanes of at least 4 members (excludes halogenated alkanes) is 4. The van der Waals surface area contributed by atoms with Crippen LogP contribution < -0.4 is 5.32 Å². The summed E-state index contributed by atoms with van der Waals surface area (Å²) in [6, 6.07) is 2.03. The topological polar surface area (TPSA) is 79.3 Å². The lowest BCUT2D eigenvalue weighted by Gasteiger charge is -2.12. The minimum absolute atomic E-state index is 0.104. The van der Waals surface area contributed by atoms with Gasteiger partial charge in [-0.05, 0) is 25.0 Å². The first kappa shape index (κ1) is 18.9. The van der Waals surface area contributed by atoms with Crippen molar-refractivity contribution in [2.45, 2.75) is 51.1 Å². The summed E-state index contributed by atoms with van der Waals surface area (Å²) in [5.74, 6) is -1.83. The van der Waals surface area contributed by atoms with E-state index in [2.05, 4.69) is 10.3 Å². The largest absolute Gasteiger partial charge is 0.481 e. The van der Waals surface area contributed by atoms with Crippen molar-refractivity contribution >= 4 is 17.7 Å². The molecule has 0 unspecified atom stereocenters. The fourth-order valence-corrected chi connectivity index (χ4v) is 2.02. The Labute approximate surface area is 131 Å². The first-order valence-electron chi connectivity index (χ1n) is 7.34. The normalized spacial score (nSPS) is 11.3. The highest BCUT2D eigenvalue weighted by molar-refractivity contribution is 5.90. The summed E-state index contributed by atoms with van der Waals surface area (Å²) in [6.07, 6.45) is 0.241. The Bertz CT molecular complexity index is 533. The van der Waals surface area contributed by atoms with E-state index in [0.717, 1.165) is 31.4 Å². The van der Waals surface area contributed by atoms with E-state index in [4.69, 9.17) is 5.11 Å². The number of hydrogen-bond donors (Lipinski definition) is 2. The van der Waals surface area contributed by atoms with Gasteiger partial charge in [-0.3, -0.25) is 9.59 Å². The van der Waals surface area contributed by atoms with Crippen molar-refractivity contribution in [2.24, 2.45) is 0 Å². The standard InChI is InChI=1S/C15H19F3N2O3/c16-15(17,18)11-7-6-10-19-14(11)20-12(21)8-4-2-1-3-5-9-13(22)23/h6-7,10H,1-5,8-9H2,(H,22,23)(H,19,20,21). The second-order valence-electron chi connectivity index (χ2n) is 5.11. The molecule has 1 heterocycles. The fourth-order valence-electron chi connectivity index (χ4n) is 2.02. The van der Waals surface area contributed by atoms with Crippen molar-refractivity contribution in [3.8, 4) is 0 Å². The Morgan fingerprint density at radius 1 is 1.09 bits per heavy atom. The highest BCUT2D eigenvalue weighted by atomic mass is 19.4. The van der Waals surface area contributed by atoms with Crippen molar-refractivity contribution in [3.63, 3.8) is 0 Å². The molecule has 0 aliphatic heterocycles. The molecule has 1 aromatic rings. The van der Waals surface area contributed by atoms with Gasteiger partial charge in [-0.15, -0.1) is 0 Å². The summed E-state index contributed by atoms with van der Waals surface area (Å²) in [7, 11) is 0. The lowest BCUT2D eigenvalue weighted by Crippen LogP contribution is -2.17.